The van der Waals surface area contributed by atoms with Gasteiger partial charge in [0.1, 0.15) is 30.3 Å². The number of aliphatic imine (C=N–C) groups is 1. The molecule has 2 N–H and O–H groups in total. The van der Waals surface area contributed by atoms with Crippen LogP contribution in [0.5, 0.6) is 0 Å². The van der Waals surface area contributed by atoms with E-state index in [1.165, 1.54) is 11.8 Å². The Labute approximate surface area is 252 Å². The van der Waals surface area contributed by atoms with Crippen LogP contribution in [0.4, 0.5) is 20.6 Å². The van der Waals surface area contributed by atoms with E-state index in [4.69, 9.17) is 9.15 Å². The van der Waals surface area contributed by atoms with E-state index in [0.717, 1.165) is 11.1 Å². The number of amidine groups is 1. The van der Waals surface area contributed by atoms with Gasteiger partial charge in [-0.05, 0) is 60.0 Å². The van der Waals surface area contributed by atoms with Gasteiger partial charge in [-0.1, -0.05) is 66.4 Å². The Kier molecular flexibility index (Phi) is 9.52. The molecule has 1 unspecified atom stereocenters. The van der Waals surface area contributed by atoms with Crippen molar-refractivity contribution in [3.05, 3.63) is 120 Å². The molecule has 0 aliphatic carbocycles. The highest BCUT2D eigenvalue weighted by Gasteiger charge is 2.39. The molecule has 11 heteroatoms. The molecule has 9 nitrogen and oxygen atoms in total. The number of hydrogen-bond donors (Lipinski definition) is 2. The molecule has 1 fully saturated rings. The Hall–Kier alpha value is -4.90. The fourth-order valence-electron chi connectivity index (χ4n) is 4.23. The normalized spacial score (nSPS) is 16.2. The van der Waals surface area contributed by atoms with Crippen LogP contribution in [0.25, 0.3) is 0 Å². The van der Waals surface area contributed by atoms with E-state index in [-0.39, 0.29) is 19.1 Å². The predicted octanol–water partition coefficient (Wildman–Crippen LogP) is 6.51. The smallest absolute Gasteiger partial charge is 0.408 e. The first-order valence-corrected chi connectivity index (χ1v) is 14.4. The molecule has 3 amide bonds. The number of benzene rings is 3. The first-order chi connectivity index (χ1) is 20.9. The summed E-state index contributed by atoms with van der Waals surface area (Å²) in [4.78, 5) is 44.6. The van der Waals surface area contributed by atoms with Gasteiger partial charge in [-0.25, -0.2) is 14.2 Å². The number of nitrogens with zero attached hydrogens (tertiary/aromatic N) is 2. The van der Waals surface area contributed by atoms with Gasteiger partial charge in [-0.15, -0.1) is 0 Å². The molecule has 1 aliphatic heterocycles. The highest BCUT2D eigenvalue weighted by molar-refractivity contribution is 8.15. The second-order valence-electron chi connectivity index (χ2n) is 9.74. The number of anilines is 1. The third-order valence-corrected chi connectivity index (χ3v) is 7.81. The molecule has 1 aromatic heterocycles. The molecule has 220 valence electrons. The summed E-state index contributed by atoms with van der Waals surface area (Å²) in [5, 5.41) is 5.21. The third kappa shape index (κ3) is 7.69. The number of halogens is 1. The highest BCUT2D eigenvalue weighted by atomic mass is 32.2. The molecular formula is C32H29FN4O5S. The minimum Gasteiger partial charge on any atom is -0.467 e. The highest BCUT2D eigenvalue weighted by Crippen LogP contribution is 2.41. The number of rotatable bonds is 10. The van der Waals surface area contributed by atoms with Crippen LogP contribution in [-0.4, -0.2) is 34.0 Å². The lowest BCUT2D eigenvalue weighted by atomic mass is 10.1. The molecule has 43 heavy (non-hydrogen) atoms. The molecule has 0 saturated carbocycles. The van der Waals surface area contributed by atoms with E-state index in [2.05, 4.69) is 15.6 Å². The number of carbonyl (C=O) groups is 3. The predicted molar refractivity (Wildman–Crippen MR) is 162 cm³/mol. The fourth-order valence-corrected chi connectivity index (χ4v) is 5.40. The molecule has 0 bridgehead atoms. The van der Waals surface area contributed by atoms with Crippen molar-refractivity contribution in [2.75, 3.05) is 5.32 Å². The summed E-state index contributed by atoms with van der Waals surface area (Å²) in [5.74, 6) is 0.0255. The van der Waals surface area contributed by atoms with Crippen LogP contribution in [0.2, 0.25) is 0 Å². The molecule has 0 spiro atoms. The van der Waals surface area contributed by atoms with Gasteiger partial charge in [0, 0.05) is 5.69 Å². The lowest BCUT2D eigenvalue weighted by Crippen LogP contribution is -2.41. The monoisotopic (exact) mass is 600 g/mol. The Morgan fingerprint density at radius 1 is 1.00 bits per heavy atom. The minimum atomic E-state index is -0.845. The second-order valence-corrected chi connectivity index (χ2v) is 10.8. The molecule has 1 aliphatic rings. The van der Waals surface area contributed by atoms with Crippen molar-refractivity contribution in [1.82, 2.24) is 10.2 Å². The minimum absolute atomic E-state index is 0.0944. The zero-order chi connectivity index (χ0) is 30.2. The van der Waals surface area contributed by atoms with Gasteiger partial charge >= 0.3 is 6.09 Å². The van der Waals surface area contributed by atoms with Crippen LogP contribution >= 0.6 is 11.8 Å². The van der Waals surface area contributed by atoms with Crippen LogP contribution in [0, 0.1) is 0 Å². The van der Waals surface area contributed by atoms with Crippen molar-refractivity contribution in [2.45, 2.75) is 38.0 Å². The Bertz CT molecular complexity index is 1580. The van der Waals surface area contributed by atoms with Gasteiger partial charge in [-0.2, -0.15) is 0 Å². The summed E-state index contributed by atoms with van der Waals surface area (Å²) >= 11 is 1.30. The van der Waals surface area contributed by atoms with E-state index in [1.807, 2.05) is 30.3 Å². The summed E-state index contributed by atoms with van der Waals surface area (Å²) in [7, 11) is 0. The molecule has 1 saturated heterocycles. The zero-order valence-corrected chi connectivity index (χ0v) is 24.1. The maximum absolute atomic E-state index is 13.5. The lowest BCUT2D eigenvalue weighted by Gasteiger charge is -2.16. The maximum atomic E-state index is 13.5. The van der Waals surface area contributed by atoms with Crippen molar-refractivity contribution >= 4 is 46.2 Å². The Balaban J connectivity index is 1.22. The molecule has 2 atom stereocenters. The van der Waals surface area contributed by atoms with Crippen LogP contribution < -0.4 is 10.6 Å². The van der Waals surface area contributed by atoms with E-state index >= 15 is 0 Å². The Morgan fingerprint density at radius 3 is 2.42 bits per heavy atom. The summed E-state index contributed by atoms with van der Waals surface area (Å²) in [6.45, 7) is 1.30. The SMILES string of the molecule is C[C@H](NC(=O)OCc1ccccc1)C(=O)Nc1ccc(C2SC(=Nc3ccc(CF)cc3)N(Cc3ccco3)C2=O)cc1. The van der Waals surface area contributed by atoms with E-state index < -0.39 is 30.0 Å². The number of thioether (sulfide) groups is 1. The van der Waals surface area contributed by atoms with Gasteiger partial charge in [0.25, 0.3) is 0 Å². The van der Waals surface area contributed by atoms with Crippen molar-refractivity contribution in [3.63, 3.8) is 0 Å². The second kappa shape index (κ2) is 13.8. The van der Waals surface area contributed by atoms with E-state index in [0.29, 0.717) is 27.9 Å². The summed E-state index contributed by atoms with van der Waals surface area (Å²) in [6, 6.07) is 25.6. The van der Waals surface area contributed by atoms with Crippen molar-refractivity contribution < 1.29 is 27.9 Å². The van der Waals surface area contributed by atoms with Gasteiger partial charge in [0.05, 0.1) is 18.5 Å². The van der Waals surface area contributed by atoms with Gasteiger partial charge in [0.15, 0.2) is 5.17 Å². The number of alkyl halides is 1. The lowest BCUT2D eigenvalue weighted by molar-refractivity contribution is -0.126. The molecular weight excluding hydrogens is 571 g/mol. The van der Waals surface area contributed by atoms with E-state index in [9.17, 15) is 18.8 Å². The van der Waals surface area contributed by atoms with Crippen molar-refractivity contribution in [3.8, 4) is 0 Å². The number of amides is 3. The van der Waals surface area contributed by atoms with E-state index in [1.54, 1.807) is 78.8 Å². The molecule has 2 heterocycles. The fraction of sp³-hybridized carbons (Fsp3) is 0.188. The summed E-state index contributed by atoms with van der Waals surface area (Å²) < 4.78 is 23.6. The van der Waals surface area contributed by atoms with Crippen LogP contribution in [-0.2, 0) is 34.2 Å². The quantitative estimate of drug-likeness (QED) is 0.215. The first kappa shape index (κ1) is 29.6. The van der Waals surface area contributed by atoms with Gasteiger partial charge in [-0.3, -0.25) is 14.5 Å². The summed E-state index contributed by atoms with van der Waals surface area (Å²) in [6.07, 6.45) is 0.845. The molecule has 4 aromatic rings. The molecule has 3 aromatic carbocycles. The average molecular weight is 601 g/mol. The van der Waals surface area contributed by atoms with Crippen LogP contribution in [0.1, 0.15) is 34.6 Å². The third-order valence-electron chi connectivity index (χ3n) is 6.58. The molecule has 0 radical (unpaired) electrons. The maximum Gasteiger partial charge on any atom is 0.408 e. The largest absolute Gasteiger partial charge is 0.467 e. The van der Waals surface area contributed by atoms with Gasteiger partial charge < -0.3 is 19.8 Å². The Morgan fingerprint density at radius 2 is 1.74 bits per heavy atom. The number of carbonyl (C=O) groups excluding carboxylic acids is 3. The standard InChI is InChI=1S/C32H29FN4O5S/c1-21(34-32(40)42-20-23-6-3-2-4-7-23)29(38)35-25-15-11-24(12-16-25)28-30(39)37(19-27-8-5-17-41-27)31(43-28)36-26-13-9-22(18-33)10-14-26/h2-17,21,28H,18-20H2,1H3,(H,34,40)(H,35,38)/t21-,28?/m0/s1. The van der Waals surface area contributed by atoms with Gasteiger partial charge in [0.2, 0.25) is 11.8 Å². The first-order valence-electron chi connectivity index (χ1n) is 13.5. The molecule has 5 rings (SSSR count). The van der Waals surface area contributed by atoms with Crippen LogP contribution in [0.15, 0.2) is 107 Å². The topological polar surface area (TPSA) is 113 Å². The van der Waals surface area contributed by atoms with Crippen LogP contribution in [0.3, 0.4) is 0 Å². The number of ether oxygens (including phenoxy) is 1. The number of furan rings is 1. The number of hydrogen-bond acceptors (Lipinski definition) is 7. The number of alkyl carbamates (subject to hydrolysis) is 1. The van der Waals surface area contributed by atoms with Crippen molar-refractivity contribution in [2.24, 2.45) is 4.99 Å². The van der Waals surface area contributed by atoms with Crippen molar-refractivity contribution in [1.29, 1.82) is 0 Å². The zero-order valence-electron chi connectivity index (χ0n) is 23.2. The average Bonchev–Trinajstić information content (AvgIpc) is 3.65. The summed E-state index contributed by atoms with van der Waals surface area (Å²) in [5.41, 5.74) is 3.21. The number of nitrogens with one attached hydrogen (secondary N) is 2.